The molecule has 4 nitrogen and oxygen atoms in total. The highest BCUT2D eigenvalue weighted by molar-refractivity contribution is 7.92. The Bertz CT molecular complexity index is 413. The number of aromatic nitrogens is 1. The fourth-order valence-corrected chi connectivity index (χ4v) is 1.54. The van der Waals surface area contributed by atoms with Crippen molar-refractivity contribution in [3.05, 3.63) is 23.9 Å². The predicted octanol–water partition coefficient (Wildman–Crippen LogP) is 1.58. The summed E-state index contributed by atoms with van der Waals surface area (Å²) in [6, 6.07) is 3.61. The molecule has 0 unspecified atom stereocenters. The number of sulfonamides is 1. The highest BCUT2D eigenvalue weighted by Gasteiger charge is 2.05. The molecule has 1 aromatic rings. The Morgan fingerprint density at radius 2 is 2.07 bits per heavy atom. The molecule has 0 aliphatic heterocycles. The summed E-state index contributed by atoms with van der Waals surface area (Å²) in [6.07, 6.45) is 2.71. The lowest BCUT2D eigenvalue weighted by Gasteiger charge is -2.07. The van der Waals surface area contributed by atoms with Crippen molar-refractivity contribution in [3.8, 4) is 0 Å². The van der Waals surface area contributed by atoms with Crippen molar-refractivity contribution >= 4 is 15.8 Å². The summed E-state index contributed by atoms with van der Waals surface area (Å²) < 4.78 is 24.2. The Morgan fingerprint density at radius 3 is 2.57 bits per heavy atom. The third-order valence-electron chi connectivity index (χ3n) is 1.74. The van der Waals surface area contributed by atoms with Crippen molar-refractivity contribution in [3.63, 3.8) is 0 Å². The third-order valence-corrected chi connectivity index (χ3v) is 2.32. The van der Waals surface area contributed by atoms with Crippen LogP contribution in [0.2, 0.25) is 0 Å². The number of nitrogens with zero attached hydrogens (tertiary/aromatic N) is 1. The fourth-order valence-electron chi connectivity index (χ4n) is 1.05. The smallest absolute Gasteiger partial charge is 0.230 e. The summed E-state index contributed by atoms with van der Waals surface area (Å²) >= 11 is 0. The average Bonchev–Trinajstić information content (AvgIpc) is 2.01. The lowest BCUT2D eigenvalue weighted by Crippen LogP contribution is -2.11. The minimum Gasteiger partial charge on any atom is -0.268 e. The second-order valence-electron chi connectivity index (χ2n) is 3.50. The van der Waals surface area contributed by atoms with Crippen molar-refractivity contribution in [2.24, 2.45) is 0 Å². The lowest BCUT2D eigenvalue weighted by molar-refractivity contribution is 0.606. The molecule has 0 atom stereocenters. The van der Waals surface area contributed by atoms with Gasteiger partial charge in [-0.2, -0.15) is 0 Å². The van der Waals surface area contributed by atoms with E-state index in [-0.39, 0.29) is 0 Å². The van der Waals surface area contributed by atoms with E-state index >= 15 is 0 Å². The van der Waals surface area contributed by atoms with E-state index in [2.05, 4.69) is 9.71 Å². The van der Waals surface area contributed by atoms with Crippen LogP contribution in [0.3, 0.4) is 0 Å². The van der Waals surface area contributed by atoms with Crippen LogP contribution in [0, 0.1) is 0 Å². The molecular weight excluding hydrogens is 200 g/mol. The fraction of sp³-hybridized carbons (Fsp3) is 0.444. The zero-order chi connectivity index (χ0) is 10.8. The van der Waals surface area contributed by atoms with Gasteiger partial charge < -0.3 is 0 Å². The Morgan fingerprint density at radius 1 is 1.43 bits per heavy atom. The van der Waals surface area contributed by atoms with Gasteiger partial charge in [0.2, 0.25) is 10.0 Å². The molecule has 0 bridgehead atoms. The third kappa shape index (κ3) is 3.33. The maximum Gasteiger partial charge on any atom is 0.230 e. The first-order valence-corrected chi connectivity index (χ1v) is 6.21. The standard InChI is InChI=1S/C9H14N2O2S/c1-7(2)8-4-5-10-9(6-8)11-14(3,12)13/h4-7H,1-3H3,(H,10,11). The normalized spacial score (nSPS) is 11.7. The van der Waals surface area contributed by atoms with Gasteiger partial charge >= 0.3 is 0 Å². The Hall–Kier alpha value is -1.10. The zero-order valence-corrected chi connectivity index (χ0v) is 9.30. The van der Waals surface area contributed by atoms with E-state index in [4.69, 9.17) is 0 Å². The number of hydrogen-bond donors (Lipinski definition) is 1. The van der Waals surface area contributed by atoms with Gasteiger partial charge in [0.25, 0.3) is 0 Å². The van der Waals surface area contributed by atoms with Crippen LogP contribution in [0.25, 0.3) is 0 Å². The largest absolute Gasteiger partial charge is 0.268 e. The summed E-state index contributed by atoms with van der Waals surface area (Å²) in [5.74, 6) is 0.733. The van der Waals surface area contributed by atoms with Crippen molar-refractivity contribution in [2.45, 2.75) is 19.8 Å². The maximum absolute atomic E-state index is 10.9. The van der Waals surface area contributed by atoms with E-state index < -0.39 is 10.0 Å². The van der Waals surface area contributed by atoms with Crippen LogP contribution in [-0.2, 0) is 10.0 Å². The highest BCUT2D eigenvalue weighted by Crippen LogP contribution is 2.16. The summed E-state index contributed by atoms with van der Waals surface area (Å²) in [7, 11) is -3.23. The topological polar surface area (TPSA) is 59.1 Å². The molecular formula is C9H14N2O2S. The van der Waals surface area contributed by atoms with E-state index in [1.54, 1.807) is 12.3 Å². The highest BCUT2D eigenvalue weighted by atomic mass is 32.2. The monoisotopic (exact) mass is 214 g/mol. The van der Waals surface area contributed by atoms with Gasteiger partial charge in [0.1, 0.15) is 5.82 Å². The van der Waals surface area contributed by atoms with E-state index in [1.807, 2.05) is 19.9 Å². The van der Waals surface area contributed by atoms with Crippen LogP contribution in [0.15, 0.2) is 18.3 Å². The number of anilines is 1. The predicted molar refractivity (Wildman–Crippen MR) is 56.8 cm³/mol. The van der Waals surface area contributed by atoms with Gasteiger partial charge in [0, 0.05) is 6.20 Å². The molecule has 1 heterocycles. The SMILES string of the molecule is CC(C)c1ccnc(NS(C)(=O)=O)c1. The maximum atomic E-state index is 10.9. The van der Waals surface area contributed by atoms with Crippen LogP contribution in [-0.4, -0.2) is 19.7 Å². The Balaban J connectivity index is 2.95. The summed E-state index contributed by atoms with van der Waals surface area (Å²) in [5, 5.41) is 0. The van der Waals surface area contributed by atoms with Gasteiger partial charge in [-0.1, -0.05) is 13.8 Å². The van der Waals surface area contributed by atoms with Gasteiger partial charge in [-0.15, -0.1) is 0 Å². The number of hydrogen-bond acceptors (Lipinski definition) is 3. The number of rotatable bonds is 3. The minimum absolute atomic E-state index is 0.359. The van der Waals surface area contributed by atoms with Crippen molar-refractivity contribution in [1.29, 1.82) is 0 Å². The molecule has 0 saturated carbocycles. The Kier molecular flexibility index (Phi) is 3.10. The number of nitrogens with one attached hydrogen (secondary N) is 1. The van der Waals surface area contributed by atoms with E-state index in [0.29, 0.717) is 11.7 Å². The first-order chi connectivity index (χ1) is 6.38. The molecule has 78 valence electrons. The van der Waals surface area contributed by atoms with Crippen LogP contribution < -0.4 is 4.72 Å². The molecule has 1 N–H and O–H groups in total. The van der Waals surface area contributed by atoms with Crippen LogP contribution >= 0.6 is 0 Å². The molecule has 5 heteroatoms. The summed E-state index contributed by atoms with van der Waals surface area (Å²) in [6.45, 7) is 4.08. The molecule has 0 saturated heterocycles. The van der Waals surface area contributed by atoms with E-state index in [0.717, 1.165) is 11.8 Å². The first-order valence-electron chi connectivity index (χ1n) is 4.32. The molecule has 0 aromatic carbocycles. The van der Waals surface area contributed by atoms with E-state index in [9.17, 15) is 8.42 Å². The summed E-state index contributed by atoms with van der Waals surface area (Å²) in [4.78, 5) is 3.92. The molecule has 14 heavy (non-hydrogen) atoms. The summed E-state index contributed by atoms with van der Waals surface area (Å²) in [5.41, 5.74) is 1.06. The van der Waals surface area contributed by atoms with Crippen molar-refractivity contribution < 1.29 is 8.42 Å². The van der Waals surface area contributed by atoms with Gasteiger partial charge in [-0.05, 0) is 23.6 Å². The van der Waals surface area contributed by atoms with Crippen molar-refractivity contribution in [1.82, 2.24) is 4.98 Å². The quantitative estimate of drug-likeness (QED) is 0.831. The van der Waals surface area contributed by atoms with Crippen LogP contribution in [0.5, 0.6) is 0 Å². The van der Waals surface area contributed by atoms with Gasteiger partial charge in [-0.25, -0.2) is 13.4 Å². The molecule has 0 spiro atoms. The molecule has 0 aliphatic carbocycles. The second kappa shape index (κ2) is 3.96. The average molecular weight is 214 g/mol. The van der Waals surface area contributed by atoms with Crippen LogP contribution in [0.4, 0.5) is 5.82 Å². The van der Waals surface area contributed by atoms with E-state index in [1.165, 1.54) is 0 Å². The Labute approximate surface area is 84.4 Å². The van der Waals surface area contributed by atoms with Crippen molar-refractivity contribution in [2.75, 3.05) is 11.0 Å². The van der Waals surface area contributed by atoms with Crippen LogP contribution in [0.1, 0.15) is 25.3 Å². The molecule has 0 aliphatic rings. The first kappa shape index (κ1) is 11.0. The lowest BCUT2D eigenvalue weighted by atomic mass is 10.1. The molecule has 0 fully saturated rings. The molecule has 1 rings (SSSR count). The molecule has 1 aromatic heterocycles. The second-order valence-corrected chi connectivity index (χ2v) is 5.25. The van der Waals surface area contributed by atoms with Gasteiger partial charge in [0.15, 0.2) is 0 Å². The van der Waals surface area contributed by atoms with Gasteiger partial charge in [0.05, 0.1) is 6.26 Å². The zero-order valence-electron chi connectivity index (χ0n) is 8.48. The van der Waals surface area contributed by atoms with Gasteiger partial charge in [-0.3, -0.25) is 4.72 Å². The number of pyridine rings is 1. The molecule has 0 amide bonds. The molecule has 0 radical (unpaired) electrons. The minimum atomic E-state index is -3.23.